The number of barbiturate groups is 1. The van der Waals surface area contributed by atoms with Gasteiger partial charge in [-0.05, 0) is 60.2 Å². The number of amides is 4. The molecule has 11 heteroatoms. The average Bonchev–Trinajstić information content (AvgIpc) is 2.83. The predicted octanol–water partition coefficient (Wildman–Crippen LogP) is 6.77. The zero-order valence-electron chi connectivity index (χ0n) is 18.5. The van der Waals surface area contributed by atoms with Crippen molar-refractivity contribution in [2.45, 2.75) is 6.61 Å². The molecule has 1 aliphatic heterocycles. The van der Waals surface area contributed by atoms with Gasteiger partial charge in [0.25, 0.3) is 11.8 Å². The molecular formula is C25H16Br2Cl2N2O5. The molecule has 0 aromatic heterocycles. The molecular weight excluding hydrogens is 639 g/mol. The Bertz CT molecular complexity index is 1410. The van der Waals surface area contributed by atoms with Crippen molar-refractivity contribution in [2.75, 3.05) is 12.0 Å². The van der Waals surface area contributed by atoms with Gasteiger partial charge in [0.2, 0.25) is 0 Å². The number of imide groups is 2. The van der Waals surface area contributed by atoms with Crippen LogP contribution in [0.5, 0.6) is 11.5 Å². The maximum absolute atomic E-state index is 13.2. The summed E-state index contributed by atoms with van der Waals surface area (Å²) in [6.45, 7) is 0.157. The standard InChI is InChI=1S/C25H16Br2Cl2N2O5/c1-35-21-9-14(19(27)11-22(21)36-12-13-2-5-16(28)10-20(13)29)8-18-23(32)30-25(34)31(24(18)33)17-6-3-15(26)4-7-17/h2-11H,12H2,1H3,(H,30,32,34)/b18-8+. The molecule has 0 spiro atoms. The van der Waals surface area contributed by atoms with Crippen LogP contribution in [0.1, 0.15) is 11.1 Å². The second-order valence-electron chi connectivity index (χ2n) is 7.48. The highest BCUT2D eigenvalue weighted by Crippen LogP contribution is 2.36. The topological polar surface area (TPSA) is 84.9 Å². The molecule has 1 saturated heterocycles. The fourth-order valence-corrected chi connectivity index (χ4v) is 4.53. The van der Waals surface area contributed by atoms with E-state index in [0.717, 1.165) is 14.9 Å². The molecule has 4 rings (SSSR count). The van der Waals surface area contributed by atoms with E-state index in [0.29, 0.717) is 37.3 Å². The van der Waals surface area contributed by atoms with Crippen LogP contribution in [0.3, 0.4) is 0 Å². The van der Waals surface area contributed by atoms with E-state index < -0.39 is 17.8 Å². The van der Waals surface area contributed by atoms with E-state index in [4.69, 9.17) is 32.7 Å². The molecule has 0 aliphatic carbocycles. The van der Waals surface area contributed by atoms with Crippen LogP contribution in [0, 0.1) is 0 Å². The zero-order chi connectivity index (χ0) is 26.0. The highest BCUT2D eigenvalue weighted by molar-refractivity contribution is 9.10. The Morgan fingerprint density at radius 2 is 1.69 bits per heavy atom. The summed E-state index contributed by atoms with van der Waals surface area (Å²) in [6.07, 6.45) is 1.38. The number of carbonyl (C=O) groups is 3. The van der Waals surface area contributed by atoms with Crippen molar-refractivity contribution in [1.82, 2.24) is 5.32 Å². The van der Waals surface area contributed by atoms with Crippen molar-refractivity contribution in [3.05, 3.63) is 90.3 Å². The lowest BCUT2D eigenvalue weighted by Gasteiger charge is -2.26. The van der Waals surface area contributed by atoms with Crippen LogP contribution >= 0.6 is 55.1 Å². The number of nitrogens with one attached hydrogen (secondary N) is 1. The number of hydrogen-bond acceptors (Lipinski definition) is 5. The SMILES string of the molecule is COc1cc(/C=C2\C(=O)NC(=O)N(c3ccc(Br)cc3)C2=O)c(Br)cc1OCc1ccc(Cl)cc1Cl. The smallest absolute Gasteiger partial charge is 0.335 e. The Hall–Kier alpha value is -2.85. The number of halogens is 4. The van der Waals surface area contributed by atoms with Gasteiger partial charge in [0.1, 0.15) is 12.2 Å². The van der Waals surface area contributed by atoms with Crippen LogP contribution in [0.25, 0.3) is 6.08 Å². The number of carbonyl (C=O) groups excluding carboxylic acids is 3. The average molecular weight is 655 g/mol. The van der Waals surface area contributed by atoms with Crippen LogP contribution in [0.2, 0.25) is 10.0 Å². The first-order chi connectivity index (χ1) is 17.2. The molecule has 4 amide bonds. The Morgan fingerprint density at radius 1 is 0.972 bits per heavy atom. The number of hydrogen-bond donors (Lipinski definition) is 1. The van der Waals surface area contributed by atoms with Gasteiger partial charge in [-0.2, -0.15) is 0 Å². The molecule has 0 atom stereocenters. The minimum absolute atomic E-state index is 0.157. The molecule has 0 radical (unpaired) electrons. The van der Waals surface area contributed by atoms with Crippen LogP contribution < -0.4 is 19.7 Å². The van der Waals surface area contributed by atoms with Crippen molar-refractivity contribution >= 4 is 84.7 Å². The van der Waals surface area contributed by atoms with Crippen molar-refractivity contribution < 1.29 is 23.9 Å². The summed E-state index contributed by atoms with van der Waals surface area (Å²) in [5, 5.41) is 3.19. The first-order valence-corrected chi connectivity index (χ1v) is 12.6. The lowest BCUT2D eigenvalue weighted by Crippen LogP contribution is -2.54. The molecule has 3 aromatic rings. The molecule has 3 aromatic carbocycles. The Morgan fingerprint density at radius 3 is 2.36 bits per heavy atom. The van der Waals surface area contributed by atoms with Crippen LogP contribution in [-0.2, 0) is 16.2 Å². The third-order valence-corrected chi connectivity index (χ3v) is 6.97. The number of nitrogens with zero attached hydrogens (tertiary/aromatic N) is 1. The lowest BCUT2D eigenvalue weighted by atomic mass is 10.1. The quantitative estimate of drug-likeness (QED) is 0.234. The fraction of sp³-hybridized carbons (Fsp3) is 0.0800. The van der Waals surface area contributed by atoms with Crippen LogP contribution in [0.4, 0.5) is 10.5 Å². The summed E-state index contributed by atoms with van der Waals surface area (Å²) < 4.78 is 12.7. The van der Waals surface area contributed by atoms with Gasteiger partial charge in [-0.1, -0.05) is 61.1 Å². The van der Waals surface area contributed by atoms with Gasteiger partial charge >= 0.3 is 6.03 Å². The molecule has 0 saturated carbocycles. The molecule has 1 N–H and O–H groups in total. The van der Waals surface area contributed by atoms with Gasteiger partial charge in [0.05, 0.1) is 12.8 Å². The predicted molar refractivity (Wildman–Crippen MR) is 145 cm³/mol. The molecule has 36 heavy (non-hydrogen) atoms. The molecule has 7 nitrogen and oxygen atoms in total. The lowest BCUT2D eigenvalue weighted by molar-refractivity contribution is -0.122. The van der Waals surface area contributed by atoms with E-state index in [1.165, 1.54) is 13.2 Å². The largest absolute Gasteiger partial charge is 0.493 e. The summed E-state index contributed by atoms with van der Waals surface area (Å²) in [6, 6.07) is 14.1. The second-order valence-corrected chi connectivity index (χ2v) is 10.1. The summed E-state index contributed by atoms with van der Waals surface area (Å²) >= 11 is 18.9. The maximum atomic E-state index is 13.2. The van der Waals surface area contributed by atoms with E-state index in [1.807, 2.05) is 0 Å². The molecule has 0 bridgehead atoms. The minimum Gasteiger partial charge on any atom is -0.493 e. The summed E-state index contributed by atoms with van der Waals surface area (Å²) in [5.74, 6) is -0.792. The Labute approximate surface area is 233 Å². The Balaban J connectivity index is 1.64. The zero-order valence-corrected chi connectivity index (χ0v) is 23.2. The number of anilines is 1. The highest BCUT2D eigenvalue weighted by atomic mass is 79.9. The monoisotopic (exact) mass is 652 g/mol. The number of rotatable bonds is 6. The molecule has 1 heterocycles. The summed E-state index contributed by atoms with van der Waals surface area (Å²) in [7, 11) is 1.47. The van der Waals surface area contributed by atoms with Gasteiger partial charge in [-0.3, -0.25) is 14.9 Å². The maximum Gasteiger partial charge on any atom is 0.335 e. The van der Waals surface area contributed by atoms with Crippen LogP contribution in [0.15, 0.2) is 69.1 Å². The third kappa shape index (κ3) is 5.59. The van der Waals surface area contributed by atoms with Gasteiger partial charge < -0.3 is 9.47 Å². The molecule has 184 valence electrons. The van der Waals surface area contributed by atoms with Gasteiger partial charge in [0.15, 0.2) is 11.5 Å². The van der Waals surface area contributed by atoms with E-state index in [2.05, 4.69) is 37.2 Å². The number of benzene rings is 3. The number of urea groups is 1. The van der Waals surface area contributed by atoms with E-state index in [9.17, 15) is 14.4 Å². The van der Waals surface area contributed by atoms with Gasteiger partial charge in [-0.15, -0.1) is 0 Å². The molecule has 1 aliphatic rings. The number of ether oxygens (including phenoxy) is 2. The summed E-state index contributed by atoms with van der Waals surface area (Å²) in [4.78, 5) is 39.0. The fourth-order valence-electron chi connectivity index (χ4n) is 3.37. The van der Waals surface area contributed by atoms with Gasteiger partial charge in [-0.25, -0.2) is 9.69 Å². The van der Waals surface area contributed by atoms with Crippen molar-refractivity contribution in [3.63, 3.8) is 0 Å². The van der Waals surface area contributed by atoms with E-state index in [1.54, 1.807) is 54.6 Å². The van der Waals surface area contributed by atoms with E-state index >= 15 is 0 Å². The van der Waals surface area contributed by atoms with Crippen molar-refractivity contribution in [1.29, 1.82) is 0 Å². The second kappa shape index (κ2) is 11.0. The highest BCUT2D eigenvalue weighted by Gasteiger charge is 2.37. The summed E-state index contributed by atoms with van der Waals surface area (Å²) in [5.41, 5.74) is 1.29. The molecule has 0 unspecified atom stereocenters. The van der Waals surface area contributed by atoms with Crippen molar-refractivity contribution in [2.24, 2.45) is 0 Å². The first-order valence-electron chi connectivity index (χ1n) is 10.3. The van der Waals surface area contributed by atoms with Gasteiger partial charge in [0, 0.05) is 24.6 Å². The third-order valence-electron chi connectivity index (χ3n) is 5.17. The number of methoxy groups -OCH3 is 1. The minimum atomic E-state index is -0.828. The molecule has 1 fully saturated rings. The first kappa shape index (κ1) is 26.2. The Kier molecular flexibility index (Phi) is 8.04. The normalized spacial score (nSPS) is 14.8. The van der Waals surface area contributed by atoms with Crippen LogP contribution in [-0.4, -0.2) is 25.0 Å². The van der Waals surface area contributed by atoms with Crippen molar-refractivity contribution in [3.8, 4) is 11.5 Å². The van der Waals surface area contributed by atoms with E-state index in [-0.39, 0.29) is 12.2 Å².